The zero-order valence-corrected chi connectivity index (χ0v) is 11.7. The van der Waals surface area contributed by atoms with Crippen molar-refractivity contribution in [2.45, 2.75) is 37.0 Å². The van der Waals surface area contributed by atoms with Gasteiger partial charge in [0.25, 0.3) is 0 Å². The van der Waals surface area contributed by atoms with Gasteiger partial charge >= 0.3 is 5.97 Å². The molecule has 1 aromatic rings. The maximum Gasteiger partial charge on any atom is 0.339 e. The van der Waals surface area contributed by atoms with E-state index in [1.54, 1.807) is 0 Å². The number of rotatable bonds is 4. The van der Waals surface area contributed by atoms with Gasteiger partial charge < -0.3 is 16.2 Å². The minimum absolute atomic E-state index is 0.145. The Hall–Kier alpha value is -1.43. The monoisotopic (exact) mass is 281 g/mol. The maximum absolute atomic E-state index is 11.2. The van der Waals surface area contributed by atoms with Crippen molar-refractivity contribution in [1.82, 2.24) is 4.98 Å². The first kappa shape index (κ1) is 14.0. The third-order valence-corrected chi connectivity index (χ3v) is 4.53. The third kappa shape index (κ3) is 3.53. The second-order valence-corrected chi connectivity index (χ2v) is 5.97. The number of pyridine rings is 1. The van der Waals surface area contributed by atoms with Gasteiger partial charge in [0, 0.05) is 11.3 Å². The molecule has 104 valence electrons. The largest absolute Gasteiger partial charge is 0.478 e. The highest BCUT2D eigenvalue weighted by molar-refractivity contribution is 7.99. The first-order chi connectivity index (χ1) is 9.10. The molecule has 0 spiro atoms. The standard InChI is InChI=1S/C13H19N3O2S/c1-19-10-4-2-3-9(6-10)16-12-11(13(17)18)5-8(14)7-15-12/h5,7,9-10H,2-4,6,14H2,1H3,(H,15,16)(H,17,18). The van der Waals surface area contributed by atoms with Crippen LogP contribution in [0.5, 0.6) is 0 Å². The Kier molecular flexibility index (Phi) is 4.52. The predicted molar refractivity (Wildman–Crippen MR) is 78.8 cm³/mol. The van der Waals surface area contributed by atoms with Crippen molar-refractivity contribution in [2.24, 2.45) is 0 Å². The van der Waals surface area contributed by atoms with E-state index >= 15 is 0 Å². The lowest BCUT2D eigenvalue weighted by Gasteiger charge is -2.29. The lowest BCUT2D eigenvalue weighted by molar-refractivity contribution is 0.0697. The predicted octanol–water partition coefficient (Wildman–Crippen LogP) is 2.45. The summed E-state index contributed by atoms with van der Waals surface area (Å²) in [7, 11) is 0. The van der Waals surface area contributed by atoms with E-state index < -0.39 is 5.97 Å². The van der Waals surface area contributed by atoms with Gasteiger partial charge in [-0.15, -0.1) is 0 Å². The molecule has 0 radical (unpaired) electrons. The van der Waals surface area contributed by atoms with Gasteiger partial charge in [-0.1, -0.05) is 6.42 Å². The number of thioether (sulfide) groups is 1. The fourth-order valence-electron chi connectivity index (χ4n) is 2.44. The highest BCUT2D eigenvalue weighted by Gasteiger charge is 2.23. The van der Waals surface area contributed by atoms with Crippen LogP contribution < -0.4 is 11.1 Å². The number of nitrogen functional groups attached to an aromatic ring is 1. The van der Waals surface area contributed by atoms with Crippen LogP contribution in [0.1, 0.15) is 36.0 Å². The van der Waals surface area contributed by atoms with Gasteiger partial charge in [0.15, 0.2) is 0 Å². The smallest absolute Gasteiger partial charge is 0.339 e. The molecule has 0 saturated heterocycles. The number of carboxylic acid groups (broad SMARTS) is 1. The second-order valence-electron chi connectivity index (χ2n) is 4.84. The summed E-state index contributed by atoms with van der Waals surface area (Å²) in [5.41, 5.74) is 6.10. The molecule has 2 unspecified atom stereocenters. The molecule has 1 heterocycles. The summed E-state index contributed by atoms with van der Waals surface area (Å²) in [6, 6.07) is 1.74. The van der Waals surface area contributed by atoms with Crippen molar-refractivity contribution in [3.8, 4) is 0 Å². The molecule has 1 aliphatic rings. The van der Waals surface area contributed by atoms with Crippen molar-refractivity contribution in [2.75, 3.05) is 17.3 Å². The topological polar surface area (TPSA) is 88.2 Å². The van der Waals surface area contributed by atoms with Crippen molar-refractivity contribution in [3.63, 3.8) is 0 Å². The number of aromatic carboxylic acids is 1. The summed E-state index contributed by atoms with van der Waals surface area (Å²) < 4.78 is 0. The molecule has 4 N–H and O–H groups in total. The lowest BCUT2D eigenvalue weighted by atomic mass is 9.95. The fourth-order valence-corrected chi connectivity index (χ4v) is 3.27. The van der Waals surface area contributed by atoms with Crippen molar-refractivity contribution < 1.29 is 9.90 Å². The lowest BCUT2D eigenvalue weighted by Crippen LogP contribution is -2.29. The number of nitrogens with one attached hydrogen (secondary N) is 1. The number of carboxylic acids is 1. The maximum atomic E-state index is 11.2. The van der Waals surface area contributed by atoms with Crippen LogP contribution in [0.15, 0.2) is 12.3 Å². The molecular formula is C13H19N3O2S. The van der Waals surface area contributed by atoms with Crippen molar-refractivity contribution in [1.29, 1.82) is 0 Å². The van der Waals surface area contributed by atoms with E-state index in [2.05, 4.69) is 16.6 Å². The molecular weight excluding hydrogens is 262 g/mol. The fraction of sp³-hybridized carbons (Fsp3) is 0.538. The molecule has 0 aromatic carbocycles. The number of nitrogens with zero attached hydrogens (tertiary/aromatic N) is 1. The van der Waals surface area contributed by atoms with Crippen molar-refractivity contribution in [3.05, 3.63) is 17.8 Å². The Bertz CT molecular complexity index is 467. The summed E-state index contributed by atoms with van der Waals surface area (Å²) >= 11 is 1.88. The van der Waals surface area contributed by atoms with E-state index in [4.69, 9.17) is 5.73 Å². The summed E-state index contributed by atoms with van der Waals surface area (Å²) in [5, 5.41) is 13.1. The highest BCUT2D eigenvalue weighted by atomic mass is 32.2. The van der Waals surface area contributed by atoms with Crippen LogP contribution in [0.4, 0.5) is 11.5 Å². The Morgan fingerprint density at radius 1 is 1.58 bits per heavy atom. The van der Waals surface area contributed by atoms with Crippen LogP contribution in [-0.2, 0) is 0 Å². The van der Waals surface area contributed by atoms with Gasteiger partial charge in [-0.3, -0.25) is 0 Å². The van der Waals surface area contributed by atoms with Gasteiger partial charge in [-0.05, 0) is 31.6 Å². The molecule has 5 nitrogen and oxygen atoms in total. The Balaban J connectivity index is 2.12. The molecule has 0 aliphatic heterocycles. The van der Waals surface area contributed by atoms with E-state index in [1.807, 2.05) is 11.8 Å². The average Bonchev–Trinajstić information content (AvgIpc) is 2.41. The van der Waals surface area contributed by atoms with Gasteiger partial charge in [0.1, 0.15) is 11.4 Å². The molecule has 6 heteroatoms. The van der Waals surface area contributed by atoms with Gasteiger partial charge in [-0.25, -0.2) is 9.78 Å². The molecule has 2 atom stereocenters. The molecule has 1 fully saturated rings. The van der Waals surface area contributed by atoms with Gasteiger partial charge in [0.2, 0.25) is 0 Å². The quantitative estimate of drug-likeness (QED) is 0.785. The van der Waals surface area contributed by atoms with Crippen molar-refractivity contribution >= 4 is 29.2 Å². The average molecular weight is 281 g/mol. The minimum Gasteiger partial charge on any atom is -0.478 e. The Morgan fingerprint density at radius 2 is 2.37 bits per heavy atom. The molecule has 1 aliphatic carbocycles. The molecule has 19 heavy (non-hydrogen) atoms. The number of nitrogens with two attached hydrogens (primary N) is 1. The zero-order chi connectivity index (χ0) is 13.8. The van der Waals surface area contributed by atoms with Crippen LogP contribution >= 0.6 is 11.8 Å². The van der Waals surface area contributed by atoms with Crippen LogP contribution in [-0.4, -0.2) is 33.6 Å². The van der Waals surface area contributed by atoms with E-state index in [9.17, 15) is 9.90 Å². The number of hydrogen-bond donors (Lipinski definition) is 3. The van der Waals surface area contributed by atoms with Crippen LogP contribution in [0.3, 0.4) is 0 Å². The summed E-state index contributed by atoms with van der Waals surface area (Å²) in [5.74, 6) is -0.576. The number of anilines is 2. The molecule has 0 amide bonds. The van der Waals surface area contributed by atoms with Gasteiger partial charge in [0.05, 0.1) is 11.9 Å². The minimum atomic E-state index is -1.00. The molecule has 1 saturated carbocycles. The van der Waals surface area contributed by atoms with Crippen LogP contribution in [0.25, 0.3) is 0 Å². The first-order valence-corrected chi connectivity index (χ1v) is 7.67. The third-order valence-electron chi connectivity index (χ3n) is 3.44. The summed E-state index contributed by atoms with van der Waals surface area (Å²) in [6.45, 7) is 0. The van der Waals surface area contributed by atoms with Crippen LogP contribution in [0.2, 0.25) is 0 Å². The summed E-state index contributed by atoms with van der Waals surface area (Å²) in [4.78, 5) is 15.3. The molecule has 1 aromatic heterocycles. The first-order valence-electron chi connectivity index (χ1n) is 6.38. The van der Waals surface area contributed by atoms with E-state index in [-0.39, 0.29) is 5.56 Å². The zero-order valence-electron chi connectivity index (χ0n) is 10.9. The number of hydrogen-bond acceptors (Lipinski definition) is 5. The summed E-state index contributed by atoms with van der Waals surface area (Å²) in [6.07, 6.45) is 8.12. The van der Waals surface area contributed by atoms with Gasteiger partial charge in [-0.2, -0.15) is 11.8 Å². The SMILES string of the molecule is CSC1CCCC(Nc2ncc(N)cc2C(=O)O)C1. The Morgan fingerprint density at radius 3 is 3.05 bits per heavy atom. The normalized spacial score (nSPS) is 23.0. The molecule has 0 bridgehead atoms. The molecule has 2 rings (SSSR count). The second kappa shape index (κ2) is 6.14. The van der Waals surface area contributed by atoms with E-state index in [0.717, 1.165) is 12.8 Å². The number of carbonyl (C=O) groups is 1. The van der Waals surface area contributed by atoms with Crippen LogP contribution in [0, 0.1) is 0 Å². The van der Waals surface area contributed by atoms with E-state index in [0.29, 0.717) is 22.8 Å². The number of aromatic nitrogens is 1. The highest BCUT2D eigenvalue weighted by Crippen LogP contribution is 2.29. The Labute approximate surface area is 117 Å². The van der Waals surface area contributed by atoms with E-state index in [1.165, 1.54) is 25.1 Å².